The van der Waals surface area contributed by atoms with E-state index in [1.165, 1.54) is 5.57 Å². The summed E-state index contributed by atoms with van der Waals surface area (Å²) in [5.74, 6) is 1.65. The Kier molecular flexibility index (Phi) is 13.4. The predicted molar refractivity (Wildman–Crippen MR) is 161 cm³/mol. The van der Waals surface area contributed by atoms with Crippen LogP contribution < -0.4 is 9.47 Å². The molecule has 0 aliphatic heterocycles. The zero-order valence-electron chi connectivity index (χ0n) is 25.0. The Morgan fingerprint density at radius 1 is 0.585 bits per heavy atom. The first-order chi connectivity index (χ1) is 18.9. The Morgan fingerprint density at radius 3 is 1.22 bits per heavy atom. The fraction of sp³-hybridized carbons (Fsp3) is 0.278. The number of ether oxygens (including phenoxy) is 2. The largest absolute Gasteiger partial charge is 2.00 e. The van der Waals surface area contributed by atoms with E-state index in [1.54, 1.807) is 0 Å². The standard InChI is InChI=1S/C31H35O4.C5H5.Fe/c1-8-26(21-11-9-10-12-21)27(22-13-17-24(18-14-22)34-28(32)30(2,3)4)23-15-19-25(20-16-23)35-29(33)31(5,6)7;1-2-4-5-3-1;/h9-20H,8H2,1-7H3;1-5H;/q;;+2. The Morgan fingerprint density at radius 2 is 0.927 bits per heavy atom. The van der Waals surface area contributed by atoms with Gasteiger partial charge in [-0.3, -0.25) is 9.59 Å². The average molecular weight is 593 g/mol. The van der Waals surface area contributed by atoms with Crippen molar-refractivity contribution in [2.24, 2.45) is 10.8 Å². The summed E-state index contributed by atoms with van der Waals surface area (Å²) >= 11 is 0. The Labute approximate surface area is 259 Å². The van der Waals surface area contributed by atoms with Gasteiger partial charge in [0.25, 0.3) is 0 Å². The first-order valence-electron chi connectivity index (χ1n) is 13.7. The number of benzene rings is 2. The Balaban J connectivity index is 0.000000883. The van der Waals surface area contributed by atoms with Crippen molar-refractivity contribution in [3.8, 4) is 11.5 Å². The molecule has 2 saturated carbocycles. The summed E-state index contributed by atoms with van der Waals surface area (Å²) in [7, 11) is 0. The zero-order valence-corrected chi connectivity index (χ0v) is 26.1. The van der Waals surface area contributed by atoms with Crippen LogP contribution in [0.15, 0.2) is 54.1 Å². The molecule has 2 aliphatic rings. The smallest absolute Gasteiger partial charge is 0.426 e. The number of hydrogen-bond donors (Lipinski definition) is 0. The van der Waals surface area contributed by atoms with Crippen molar-refractivity contribution in [2.75, 3.05) is 0 Å². The number of rotatable bonds is 6. The normalized spacial score (nSPS) is 15.3. The van der Waals surface area contributed by atoms with Crippen molar-refractivity contribution in [3.63, 3.8) is 0 Å². The van der Waals surface area contributed by atoms with Crippen LogP contribution in [0.2, 0.25) is 0 Å². The van der Waals surface area contributed by atoms with Crippen LogP contribution >= 0.6 is 0 Å². The average Bonchev–Trinajstić information content (AvgIpc) is 3.65. The van der Waals surface area contributed by atoms with Crippen molar-refractivity contribution in [2.45, 2.75) is 54.9 Å². The summed E-state index contributed by atoms with van der Waals surface area (Å²) in [5, 5.41) is 0. The summed E-state index contributed by atoms with van der Waals surface area (Å²) in [6.07, 6.45) is 19.1. The van der Waals surface area contributed by atoms with Crippen molar-refractivity contribution in [1.29, 1.82) is 0 Å². The maximum atomic E-state index is 12.3. The van der Waals surface area contributed by atoms with Crippen LogP contribution in [0.25, 0.3) is 5.57 Å². The fourth-order valence-electron chi connectivity index (χ4n) is 3.84. The molecule has 5 heteroatoms. The third-order valence-corrected chi connectivity index (χ3v) is 6.15. The second kappa shape index (κ2) is 15.8. The molecular weight excluding hydrogens is 552 g/mol. The maximum Gasteiger partial charge on any atom is 2.00 e. The van der Waals surface area contributed by atoms with E-state index in [1.807, 2.05) is 135 Å². The molecule has 41 heavy (non-hydrogen) atoms. The van der Waals surface area contributed by atoms with Gasteiger partial charge in [0.1, 0.15) is 11.5 Å². The molecule has 0 spiro atoms. The molecule has 0 aromatic heterocycles. The van der Waals surface area contributed by atoms with E-state index in [0.717, 1.165) is 29.0 Å². The van der Waals surface area contributed by atoms with Crippen molar-refractivity contribution in [3.05, 3.63) is 129 Å². The number of carbonyl (C=O) groups is 2. The zero-order chi connectivity index (χ0) is 29.3. The van der Waals surface area contributed by atoms with Gasteiger partial charge in [0.2, 0.25) is 0 Å². The third kappa shape index (κ3) is 10.4. The van der Waals surface area contributed by atoms with Crippen LogP contribution in [0, 0.1) is 74.5 Å². The van der Waals surface area contributed by atoms with Gasteiger partial charge in [-0.1, -0.05) is 36.8 Å². The number of carbonyl (C=O) groups excluding carboxylic acids is 2. The summed E-state index contributed by atoms with van der Waals surface area (Å²) in [6, 6.07) is 15.2. The van der Waals surface area contributed by atoms with E-state index < -0.39 is 10.8 Å². The van der Waals surface area contributed by atoms with Gasteiger partial charge in [0, 0.05) is 5.92 Å². The van der Waals surface area contributed by atoms with Gasteiger partial charge in [-0.25, -0.2) is 0 Å². The molecule has 2 fully saturated rings. The van der Waals surface area contributed by atoms with E-state index in [4.69, 9.17) is 9.47 Å². The minimum Gasteiger partial charge on any atom is -0.426 e. The molecule has 0 bridgehead atoms. The molecular formula is C36H40FeO4+2. The Bertz CT molecular complexity index is 1060. The van der Waals surface area contributed by atoms with E-state index in [-0.39, 0.29) is 29.0 Å². The third-order valence-electron chi connectivity index (χ3n) is 6.15. The second-order valence-electron chi connectivity index (χ2n) is 11.7. The molecule has 0 atom stereocenters. The first-order valence-corrected chi connectivity index (χ1v) is 13.7. The molecule has 4 nitrogen and oxygen atoms in total. The molecule has 214 valence electrons. The van der Waals surface area contributed by atoms with Crippen molar-refractivity contribution >= 4 is 17.5 Å². The van der Waals surface area contributed by atoms with E-state index in [0.29, 0.717) is 11.5 Å². The number of hydrogen-bond acceptors (Lipinski definition) is 4. The first kappa shape index (κ1) is 34.8. The van der Waals surface area contributed by atoms with Gasteiger partial charge >= 0.3 is 29.0 Å². The van der Waals surface area contributed by atoms with E-state index in [9.17, 15) is 9.59 Å². The number of esters is 2. The van der Waals surface area contributed by atoms with Crippen molar-refractivity contribution < 1.29 is 36.1 Å². The molecule has 2 aromatic rings. The molecule has 0 amide bonds. The summed E-state index contributed by atoms with van der Waals surface area (Å²) in [6.45, 7) is 13.1. The van der Waals surface area contributed by atoms with Crippen LogP contribution in [0.4, 0.5) is 0 Å². The van der Waals surface area contributed by atoms with Gasteiger partial charge in [-0.2, -0.15) is 0 Å². The van der Waals surface area contributed by atoms with Crippen molar-refractivity contribution in [1.82, 2.24) is 0 Å². The quantitative estimate of drug-likeness (QED) is 0.193. The summed E-state index contributed by atoms with van der Waals surface area (Å²) < 4.78 is 11.1. The fourth-order valence-corrected chi connectivity index (χ4v) is 3.84. The molecule has 0 unspecified atom stereocenters. The van der Waals surface area contributed by atoms with E-state index >= 15 is 0 Å². The van der Waals surface area contributed by atoms with Gasteiger partial charge in [-0.15, -0.1) is 0 Å². The van der Waals surface area contributed by atoms with Gasteiger partial charge in [-0.05, 0) is 147 Å². The maximum absolute atomic E-state index is 12.3. The van der Waals surface area contributed by atoms with Crippen LogP contribution in [0.5, 0.6) is 11.5 Å². The van der Waals surface area contributed by atoms with Crippen LogP contribution in [0.1, 0.15) is 66.0 Å². The molecule has 10 radical (unpaired) electrons. The van der Waals surface area contributed by atoms with Gasteiger partial charge in [0.15, 0.2) is 0 Å². The topological polar surface area (TPSA) is 52.6 Å². The van der Waals surface area contributed by atoms with Gasteiger partial charge < -0.3 is 9.47 Å². The minimum atomic E-state index is -0.574. The summed E-state index contributed by atoms with van der Waals surface area (Å²) in [5.41, 5.74) is 3.16. The predicted octanol–water partition coefficient (Wildman–Crippen LogP) is 8.23. The van der Waals surface area contributed by atoms with Gasteiger partial charge in [0.05, 0.1) is 10.8 Å². The van der Waals surface area contributed by atoms with E-state index in [2.05, 4.69) is 19.8 Å². The molecule has 2 aromatic carbocycles. The van der Waals surface area contributed by atoms with Crippen LogP contribution in [-0.2, 0) is 26.7 Å². The molecule has 0 heterocycles. The molecule has 0 N–H and O–H groups in total. The summed E-state index contributed by atoms with van der Waals surface area (Å²) in [4.78, 5) is 24.6. The SMILES string of the molecule is CCC([C]1[CH][CH][CH][CH]1)=C(c1ccc(OC(=O)C(C)(C)C)cc1)c1ccc(OC(=O)C(C)(C)C)cc1.[CH]1[CH][CH][CH][CH]1.[Fe+2]. The molecule has 2 aliphatic carbocycles. The number of allylic oxidation sites excluding steroid dienone is 1. The second-order valence-corrected chi connectivity index (χ2v) is 11.7. The van der Waals surface area contributed by atoms with Crippen LogP contribution in [0.3, 0.4) is 0 Å². The Hall–Kier alpha value is -2.36. The monoisotopic (exact) mass is 592 g/mol. The van der Waals surface area contributed by atoms with Crippen LogP contribution in [-0.4, -0.2) is 11.9 Å². The molecule has 4 rings (SSSR count). The molecule has 0 saturated heterocycles. The minimum absolute atomic E-state index is 0.